The molecule has 0 rings (SSSR count). The Morgan fingerprint density at radius 1 is 1.46 bits per heavy atom. The van der Waals surface area contributed by atoms with Crippen molar-refractivity contribution in [2.45, 2.75) is 45.3 Å². The molecule has 2 unspecified atom stereocenters. The summed E-state index contributed by atoms with van der Waals surface area (Å²) in [6.07, 6.45) is 5.53. The summed E-state index contributed by atoms with van der Waals surface area (Å²) in [4.78, 5) is 0. The Bertz CT molecular complexity index is 121. The van der Waals surface area contributed by atoms with Crippen molar-refractivity contribution in [2.75, 3.05) is 13.7 Å². The molecule has 13 heavy (non-hydrogen) atoms. The molecule has 0 saturated heterocycles. The van der Waals surface area contributed by atoms with E-state index in [4.69, 9.17) is 4.74 Å². The molecule has 0 fully saturated rings. The third kappa shape index (κ3) is 5.06. The minimum absolute atomic E-state index is 0.333. The average molecular weight is 185 g/mol. The minimum Gasteiger partial charge on any atom is -0.380 e. The van der Waals surface area contributed by atoms with E-state index in [2.05, 4.69) is 25.7 Å². The Morgan fingerprint density at radius 2 is 2.15 bits per heavy atom. The van der Waals surface area contributed by atoms with Crippen molar-refractivity contribution in [2.24, 2.45) is 0 Å². The molecule has 0 aromatic carbocycles. The number of likely N-dealkylation sites (N-methyl/N-ethyl adjacent to an activating group) is 1. The van der Waals surface area contributed by atoms with Gasteiger partial charge in [0.2, 0.25) is 0 Å². The number of hydrogen-bond donors (Lipinski definition) is 1. The monoisotopic (exact) mass is 185 g/mol. The fraction of sp³-hybridized carbons (Fsp3) is 0.818. The van der Waals surface area contributed by atoms with Crippen molar-refractivity contribution < 1.29 is 4.74 Å². The number of nitrogens with one attached hydrogen (secondary N) is 1. The molecule has 1 N–H and O–H groups in total. The van der Waals surface area contributed by atoms with E-state index in [1.165, 1.54) is 0 Å². The molecule has 0 aliphatic rings. The topological polar surface area (TPSA) is 21.3 Å². The lowest BCUT2D eigenvalue weighted by Crippen LogP contribution is -2.40. The van der Waals surface area contributed by atoms with Crippen molar-refractivity contribution in [1.29, 1.82) is 0 Å². The predicted octanol–water partition coefficient (Wildman–Crippen LogP) is 2.36. The van der Waals surface area contributed by atoms with Crippen molar-refractivity contribution in [3.8, 4) is 0 Å². The number of allylic oxidation sites excluding steroid dienone is 1. The maximum Gasteiger partial charge on any atom is 0.0721 e. The molecule has 0 spiro atoms. The summed E-state index contributed by atoms with van der Waals surface area (Å²) in [5, 5.41) is 3.45. The van der Waals surface area contributed by atoms with Gasteiger partial charge in [0, 0.05) is 13.2 Å². The first-order valence-electron chi connectivity index (χ1n) is 5.17. The highest BCUT2D eigenvalue weighted by atomic mass is 16.5. The van der Waals surface area contributed by atoms with E-state index in [1.54, 1.807) is 7.11 Å². The van der Waals surface area contributed by atoms with E-state index < -0.39 is 0 Å². The number of ether oxygens (including phenoxy) is 1. The summed E-state index contributed by atoms with van der Waals surface area (Å²) in [5.74, 6) is 0. The predicted molar refractivity (Wildman–Crippen MR) is 58.0 cm³/mol. The summed E-state index contributed by atoms with van der Waals surface area (Å²) < 4.78 is 5.41. The third-order valence-electron chi connectivity index (χ3n) is 2.30. The maximum atomic E-state index is 5.41. The average Bonchev–Trinajstić information content (AvgIpc) is 2.16. The molecule has 78 valence electrons. The summed E-state index contributed by atoms with van der Waals surface area (Å²) in [6.45, 7) is 9.02. The Morgan fingerprint density at radius 3 is 2.54 bits per heavy atom. The lowest BCUT2D eigenvalue weighted by molar-refractivity contribution is 0.0633. The van der Waals surface area contributed by atoms with Crippen molar-refractivity contribution in [3.63, 3.8) is 0 Å². The Labute approximate surface area is 82.4 Å². The van der Waals surface area contributed by atoms with Crippen molar-refractivity contribution in [1.82, 2.24) is 5.32 Å². The van der Waals surface area contributed by atoms with Crippen molar-refractivity contribution >= 4 is 0 Å². The van der Waals surface area contributed by atoms with E-state index in [0.717, 1.165) is 25.8 Å². The molecule has 0 saturated carbocycles. The van der Waals surface area contributed by atoms with Gasteiger partial charge in [-0.25, -0.2) is 0 Å². The summed E-state index contributed by atoms with van der Waals surface area (Å²) in [7, 11) is 1.78. The van der Waals surface area contributed by atoms with Gasteiger partial charge in [0.05, 0.1) is 6.10 Å². The Hall–Kier alpha value is -0.340. The molecule has 0 amide bonds. The van der Waals surface area contributed by atoms with Gasteiger partial charge < -0.3 is 10.1 Å². The lowest BCUT2D eigenvalue weighted by atomic mass is 10.0. The highest BCUT2D eigenvalue weighted by Gasteiger charge is 2.17. The molecule has 0 aromatic heterocycles. The zero-order chi connectivity index (χ0) is 10.1. The first kappa shape index (κ1) is 12.7. The quantitative estimate of drug-likeness (QED) is 0.586. The molecule has 0 aliphatic carbocycles. The van der Waals surface area contributed by atoms with Crippen LogP contribution >= 0.6 is 0 Å². The third-order valence-corrected chi connectivity index (χ3v) is 2.30. The van der Waals surface area contributed by atoms with Gasteiger partial charge in [-0.2, -0.15) is 0 Å². The van der Waals surface area contributed by atoms with Gasteiger partial charge in [-0.1, -0.05) is 19.9 Å². The van der Waals surface area contributed by atoms with Crippen LogP contribution in [0.15, 0.2) is 12.7 Å². The van der Waals surface area contributed by atoms with Crippen LogP contribution in [-0.4, -0.2) is 25.8 Å². The molecule has 0 radical (unpaired) electrons. The number of methoxy groups -OCH3 is 1. The van der Waals surface area contributed by atoms with Crippen LogP contribution in [0.5, 0.6) is 0 Å². The van der Waals surface area contributed by atoms with Gasteiger partial charge in [-0.15, -0.1) is 6.58 Å². The molecule has 0 bridgehead atoms. The summed E-state index contributed by atoms with van der Waals surface area (Å²) in [6, 6.07) is 0.470. The fourth-order valence-electron chi connectivity index (χ4n) is 1.59. The number of rotatable bonds is 8. The molecular formula is C11H23NO. The zero-order valence-corrected chi connectivity index (χ0v) is 9.18. The van der Waals surface area contributed by atoms with Gasteiger partial charge in [0.1, 0.15) is 0 Å². The smallest absolute Gasteiger partial charge is 0.0721 e. The van der Waals surface area contributed by atoms with Crippen LogP contribution in [0.3, 0.4) is 0 Å². The van der Waals surface area contributed by atoms with E-state index in [0.29, 0.717) is 12.1 Å². The maximum absolute atomic E-state index is 5.41. The summed E-state index contributed by atoms with van der Waals surface area (Å²) in [5.41, 5.74) is 0. The second kappa shape index (κ2) is 8.27. The molecule has 0 heterocycles. The normalized spacial score (nSPS) is 15.3. The van der Waals surface area contributed by atoms with Crippen LogP contribution in [0.25, 0.3) is 0 Å². The summed E-state index contributed by atoms with van der Waals surface area (Å²) >= 11 is 0. The largest absolute Gasteiger partial charge is 0.380 e. The standard InChI is InChI=1S/C11H23NO/c1-5-8-9-10(12-7-3)11(6-2)13-4/h5,10-12H,1,6-9H2,2-4H3. The van der Waals surface area contributed by atoms with Gasteiger partial charge >= 0.3 is 0 Å². The van der Waals surface area contributed by atoms with Crippen LogP contribution in [0.4, 0.5) is 0 Å². The van der Waals surface area contributed by atoms with Crippen LogP contribution in [-0.2, 0) is 4.74 Å². The van der Waals surface area contributed by atoms with Gasteiger partial charge in [-0.05, 0) is 25.8 Å². The van der Waals surface area contributed by atoms with Gasteiger partial charge in [-0.3, -0.25) is 0 Å². The van der Waals surface area contributed by atoms with Gasteiger partial charge in [0.25, 0.3) is 0 Å². The second-order valence-corrected chi connectivity index (χ2v) is 3.21. The lowest BCUT2D eigenvalue weighted by Gasteiger charge is -2.25. The fourth-order valence-corrected chi connectivity index (χ4v) is 1.59. The van der Waals surface area contributed by atoms with Crippen LogP contribution < -0.4 is 5.32 Å². The van der Waals surface area contributed by atoms with Crippen LogP contribution in [0.1, 0.15) is 33.1 Å². The van der Waals surface area contributed by atoms with Gasteiger partial charge in [0.15, 0.2) is 0 Å². The Balaban J connectivity index is 3.94. The van der Waals surface area contributed by atoms with E-state index >= 15 is 0 Å². The SMILES string of the molecule is C=CCCC(NCC)C(CC)OC. The highest BCUT2D eigenvalue weighted by Crippen LogP contribution is 2.09. The Kier molecular flexibility index (Phi) is 8.05. The van der Waals surface area contributed by atoms with Crippen LogP contribution in [0.2, 0.25) is 0 Å². The zero-order valence-electron chi connectivity index (χ0n) is 9.18. The van der Waals surface area contributed by atoms with Crippen LogP contribution in [0, 0.1) is 0 Å². The molecule has 0 aromatic rings. The first-order chi connectivity index (χ1) is 6.29. The minimum atomic E-state index is 0.333. The molecule has 2 heteroatoms. The second-order valence-electron chi connectivity index (χ2n) is 3.21. The molecule has 2 nitrogen and oxygen atoms in total. The van der Waals surface area contributed by atoms with E-state index in [1.807, 2.05) is 6.08 Å². The van der Waals surface area contributed by atoms with E-state index in [9.17, 15) is 0 Å². The van der Waals surface area contributed by atoms with E-state index in [-0.39, 0.29) is 0 Å². The number of hydrogen-bond acceptors (Lipinski definition) is 2. The van der Waals surface area contributed by atoms with Crippen molar-refractivity contribution in [3.05, 3.63) is 12.7 Å². The molecular weight excluding hydrogens is 162 g/mol. The molecule has 0 aliphatic heterocycles. The highest BCUT2D eigenvalue weighted by molar-refractivity contribution is 4.79. The molecule has 2 atom stereocenters. The first-order valence-corrected chi connectivity index (χ1v) is 5.17.